The minimum absolute atomic E-state index is 0.112. The van der Waals surface area contributed by atoms with Crippen LogP contribution in [0.25, 0.3) is 10.8 Å². The summed E-state index contributed by atoms with van der Waals surface area (Å²) in [7, 11) is 0. The molecule has 3 aliphatic heterocycles. The molecular formula is C35H44N4O2. The van der Waals surface area contributed by atoms with E-state index in [0.29, 0.717) is 0 Å². The number of nitrogens with zero attached hydrogens (tertiary/aromatic N) is 4. The summed E-state index contributed by atoms with van der Waals surface area (Å²) in [5, 5.41) is 2.16. The Morgan fingerprint density at radius 2 is 1.61 bits per heavy atom. The molecule has 0 aliphatic carbocycles. The SMILES string of the molecule is Cc1ccc(N2CCN(CCCCCCCOc3cc4cc5c(cc4cc3C)C(=O)N3CCC[C@H]3C=N5)CC2)cc1. The third-order valence-electron chi connectivity index (χ3n) is 9.07. The molecule has 3 aromatic rings. The second kappa shape index (κ2) is 12.6. The topological polar surface area (TPSA) is 48.4 Å². The number of carbonyl (C=O) groups is 1. The summed E-state index contributed by atoms with van der Waals surface area (Å²) in [5.74, 6) is 1.05. The van der Waals surface area contributed by atoms with Gasteiger partial charge in [-0.15, -0.1) is 0 Å². The molecule has 0 bridgehead atoms. The number of hydrogen-bond acceptors (Lipinski definition) is 5. The summed E-state index contributed by atoms with van der Waals surface area (Å²) in [4.78, 5) is 25.0. The third kappa shape index (κ3) is 6.43. The number of fused-ring (bicyclic) bond motifs is 3. The normalized spacial score (nSPS) is 19.0. The molecule has 6 heteroatoms. The number of aliphatic imine (C=N–C) groups is 1. The maximum atomic E-state index is 13.1. The highest BCUT2D eigenvalue weighted by Gasteiger charge is 2.31. The summed E-state index contributed by atoms with van der Waals surface area (Å²) in [6.07, 6.45) is 10.1. The molecule has 216 valence electrons. The summed E-state index contributed by atoms with van der Waals surface area (Å²) in [6.45, 7) is 11.6. The maximum Gasteiger partial charge on any atom is 0.256 e. The first-order valence-electron chi connectivity index (χ1n) is 15.7. The van der Waals surface area contributed by atoms with Crippen LogP contribution < -0.4 is 9.64 Å². The Morgan fingerprint density at radius 3 is 2.44 bits per heavy atom. The lowest BCUT2D eigenvalue weighted by atomic mass is 10.0. The summed E-state index contributed by atoms with van der Waals surface area (Å²) >= 11 is 0. The molecule has 1 amide bonds. The Bertz CT molecular complexity index is 1390. The summed E-state index contributed by atoms with van der Waals surface area (Å²) < 4.78 is 6.22. The standard InChI is InChI=1S/C35H44N4O2/c1-26-10-12-30(13-11-26)38-18-16-37(17-19-38)14-6-4-3-5-7-20-41-34-24-29-23-33-32(22-28(29)21-27(34)2)35(40)39-15-8-9-31(39)25-36-33/h10-13,21-25,31H,3-9,14-20H2,1-2H3/t31-/m0/s1. The van der Waals surface area contributed by atoms with Gasteiger partial charge in [0.1, 0.15) is 5.75 Å². The van der Waals surface area contributed by atoms with E-state index in [1.54, 1.807) is 0 Å². The molecule has 1 atom stereocenters. The Kier molecular flexibility index (Phi) is 8.56. The minimum atomic E-state index is 0.112. The molecule has 41 heavy (non-hydrogen) atoms. The summed E-state index contributed by atoms with van der Waals surface area (Å²) in [5.41, 5.74) is 5.29. The van der Waals surface area contributed by atoms with Gasteiger partial charge in [0, 0.05) is 44.6 Å². The molecule has 0 radical (unpaired) electrons. The molecule has 0 spiro atoms. The first-order chi connectivity index (χ1) is 20.0. The zero-order valence-electron chi connectivity index (χ0n) is 24.8. The fourth-order valence-corrected chi connectivity index (χ4v) is 6.52. The van der Waals surface area contributed by atoms with Gasteiger partial charge in [-0.3, -0.25) is 14.7 Å². The van der Waals surface area contributed by atoms with Crippen LogP contribution in [0.2, 0.25) is 0 Å². The van der Waals surface area contributed by atoms with Crippen LogP contribution in [0.3, 0.4) is 0 Å². The van der Waals surface area contributed by atoms with Crippen molar-refractivity contribution in [3.63, 3.8) is 0 Å². The molecular weight excluding hydrogens is 508 g/mol. The molecule has 6 rings (SSSR count). The van der Waals surface area contributed by atoms with Gasteiger partial charge >= 0.3 is 0 Å². The van der Waals surface area contributed by atoms with Crippen molar-refractivity contribution in [3.8, 4) is 5.75 Å². The van der Waals surface area contributed by atoms with Gasteiger partial charge in [0.05, 0.1) is 23.9 Å². The molecule has 0 N–H and O–H groups in total. The molecule has 0 aromatic heterocycles. The van der Waals surface area contributed by atoms with Crippen molar-refractivity contribution in [3.05, 3.63) is 65.2 Å². The molecule has 3 aromatic carbocycles. The molecule has 0 saturated carbocycles. The molecule has 6 nitrogen and oxygen atoms in total. The van der Waals surface area contributed by atoms with Crippen LogP contribution >= 0.6 is 0 Å². The highest BCUT2D eigenvalue weighted by atomic mass is 16.5. The van der Waals surface area contributed by atoms with Crippen LogP contribution in [0, 0.1) is 13.8 Å². The predicted molar refractivity (Wildman–Crippen MR) is 169 cm³/mol. The van der Waals surface area contributed by atoms with E-state index in [2.05, 4.69) is 66.1 Å². The van der Waals surface area contributed by atoms with Crippen LogP contribution in [0.15, 0.2) is 53.5 Å². The van der Waals surface area contributed by atoms with Crippen molar-refractivity contribution in [2.24, 2.45) is 4.99 Å². The van der Waals surface area contributed by atoms with E-state index in [4.69, 9.17) is 9.73 Å². The predicted octanol–water partition coefficient (Wildman–Crippen LogP) is 6.93. The quantitative estimate of drug-likeness (QED) is 0.256. The number of aryl methyl sites for hydroxylation is 2. The van der Waals surface area contributed by atoms with E-state index in [-0.39, 0.29) is 11.9 Å². The first kappa shape index (κ1) is 27.8. The smallest absolute Gasteiger partial charge is 0.256 e. The lowest BCUT2D eigenvalue weighted by Crippen LogP contribution is -2.46. The number of anilines is 1. The zero-order valence-corrected chi connectivity index (χ0v) is 24.8. The monoisotopic (exact) mass is 552 g/mol. The van der Waals surface area contributed by atoms with E-state index >= 15 is 0 Å². The average molecular weight is 553 g/mol. The molecule has 2 fully saturated rings. The Balaban J connectivity index is 0.914. The van der Waals surface area contributed by atoms with E-state index in [9.17, 15) is 4.79 Å². The van der Waals surface area contributed by atoms with Gasteiger partial charge in [-0.2, -0.15) is 0 Å². The van der Waals surface area contributed by atoms with Gasteiger partial charge in [0.25, 0.3) is 5.91 Å². The van der Waals surface area contributed by atoms with Crippen LogP contribution in [0.4, 0.5) is 11.4 Å². The average Bonchev–Trinajstić information content (AvgIpc) is 3.42. The highest BCUT2D eigenvalue weighted by Crippen LogP contribution is 2.35. The number of benzene rings is 3. The summed E-state index contributed by atoms with van der Waals surface area (Å²) in [6, 6.07) is 17.4. The number of carbonyl (C=O) groups excluding carboxylic acids is 1. The van der Waals surface area contributed by atoms with Crippen LogP contribution in [0.1, 0.15) is 66.4 Å². The van der Waals surface area contributed by atoms with Crippen molar-refractivity contribution in [1.82, 2.24) is 9.80 Å². The van der Waals surface area contributed by atoms with Crippen molar-refractivity contribution < 1.29 is 9.53 Å². The van der Waals surface area contributed by atoms with Crippen LogP contribution in [-0.2, 0) is 0 Å². The van der Waals surface area contributed by atoms with Crippen molar-refractivity contribution in [1.29, 1.82) is 0 Å². The number of rotatable bonds is 10. The number of unbranched alkanes of at least 4 members (excludes halogenated alkanes) is 4. The molecule has 2 saturated heterocycles. The highest BCUT2D eigenvalue weighted by molar-refractivity contribution is 6.06. The second-order valence-corrected chi connectivity index (χ2v) is 12.1. The second-order valence-electron chi connectivity index (χ2n) is 12.1. The molecule has 0 unspecified atom stereocenters. The van der Waals surface area contributed by atoms with Gasteiger partial charge in [0.2, 0.25) is 0 Å². The fraction of sp³-hybridized carbons (Fsp3) is 0.486. The van der Waals surface area contributed by atoms with Gasteiger partial charge in [-0.05, 0) is 98.8 Å². The number of piperazine rings is 1. The van der Waals surface area contributed by atoms with Crippen LogP contribution in [0.5, 0.6) is 5.75 Å². The number of amides is 1. The number of ether oxygens (including phenoxy) is 1. The van der Waals surface area contributed by atoms with Gasteiger partial charge in [-0.1, -0.05) is 37.0 Å². The molecule has 3 aliphatic rings. The van der Waals surface area contributed by atoms with Gasteiger partial charge < -0.3 is 14.5 Å². The lowest BCUT2D eigenvalue weighted by Gasteiger charge is -2.36. The Morgan fingerprint density at radius 1 is 0.854 bits per heavy atom. The van der Waals surface area contributed by atoms with E-state index < -0.39 is 0 Å². The zero-order chi connectivity index (χ0) is 28.2. The Hall–Kier alpha value is -3.38. The fourth-order valence-electron chi connectivity index (χ4n) is 6.52. The largest absolute Gasteiger partial charge is 0.493 e. The maximum absolute atomic E-state index is 13.1. The van der Waals surface area contributed by atoms with E-state index in [1.807, 2.05) is 17.2 Å². The van der Waals surface area contributed by atoms with E-state index in [0.717, 1.165) is 91.9 Å². The first-order valence-corrected chi connectivity index (χ1v) is 15.7. The Labute approximate surface area is 245 Å². The van der Waals surface area contributed by atoms with Crippen molar-refractivity contribution in [2.75, 3.05) is 50.8 Å². The minimum Gasteiger partial charge on any atom is -0.493 e. The lowest BCUT2D eigenvalue weighted by molar-refractivity contribution is 0.0775. The van der Waals surface area contributed by atoms with Gasteiger partial charge in [-0.25, -0.2) is 0 Å². The van der Waals surface area contributed by atoms with E-state index in [1.165, 1.54) is 43.5 Å². The van der Waals surface area contributed by atoms with Gasteiger partial charge in [0.15, 0.2) is 0 Å². The van der Waals surface area contributed by atoms with Crippen molar-refractivity contribution >= 4 is 34.3 Å². The number of hydrogen-bond donors (Lipinski definition) is 0. The molecule has 3 heterocycles. The van der Waals surface area contributed by atoms with Crippen LogP contribution in [-0.4, -0.2) is 73.8 Å². The van der Waals surface area contributed by atoms with Crippen molar-refractivity contribution in [2.45, 2.75) is 64.8 Å². The third-order valence-corrected chi connectivity index (χ3v) is 9.07.